The first-order chi connectivity index (χ1) is 11.7. The van der Waals surface area contributed by atoms with Gasteiger partial charge in [0.1, 0.15) is 5.69 Å². The second-order valence-corrected chi connectivity index (χ2v) is 6.44. The normalized spacial score (nSPS) is 13.0. The zero-order valence-electron chi connectivity index (χ0n) is 14.9. The fourth-order valence-electron chi connectivity index (χ4n) is 2.14. The average Bonchev–Trinajstić information content (AvgIpc) is 2.54. The second kappa shape index (κ2) is 9.07. The van der Waals surface area contributed by atoms with Crippen LogP contribution in [0.5, 0.6) is 0 Å². The molecule has 1 aromatic rings. The molecule has 9 nitrogen and oxygen atoms in total. The maximum Gasteiger partial charge on any atom is 0.301 e. The molecule has 138 valence electrons. The molecule has 0 saturated carbocycles. The Hall–Kier alpha value is -2.55. The van der Waals surface area contributed by atoms with Crippen molar-refractivity contribution in [3.05, 3.63) is 38.4 Å². The standard InChI is InChI=1S/C16H24N4O5/c1-12(6-5-9-16(2,3)25-4)11-17-18-14-8-7-13(19(21)22)10-15(14)20(23)24/h7-8,10-12,18H,5-6,9H2,1-4H3/b17-11+. The van der Waals surface area contributed by atoms with E-state index in [0.29, 0.717) is 0 Å². The SMILES string of the molecule is COC(C)(C)CCCC(C)/C=N/Nc1ccc([N+](=O)[O-])cc1[N+](=O)[O-]. The van der Waals surface area contributed by atoms with Crippen LogP contribution >= 0.6 is 0 Å². The van der Waals surface area contributed by atoms with Crippen LogP contribution in [0.4, 0.5) is 17.1 Å². The summed E-state index contributed by atoms with van der Waals surface area (Å²) in [7, 11) is 1.69. The van der Waals surface area contributed by atoms with Gasteiger partial charge in [0.25, 0.3) is 5.69 Å². The summed E-state index contributed by atoms with van der Waals surface area (Å²) in [6.07, 6.45) is 4.46. The van der Waals surface area contributed by atoms with Crippen molar-refractivity contribution in [2.24, 2.45) is 11.0 Å². The highest BCUT2D eigenvalue weighted by molar-refractivity contribution is 5.68. The molecular formula is C16H24N4O5. The van der Waals surface area contributed by atoms with Gasteiger partial charge in [0, 0.05) is 19.4 Å². The van der Waals surface area contributed by atoms with E-state index >= 15 is 0 Å². The van der Waals surface area contributed by atoms with E-state index in [1.807, 2.05) is 20.8 Å². The van der Waals surface area contributed by atoms with E-state index in [1.165, 1.54) is 12.1 Å². The second-order valence-electron chi connectivity index (χ2n) is 6.44. The number of nitrogens with zero attached hydrogens (tertiary/aromatic N) is 3. The zero-order chi connectivity index (χ0) is 19.0. The van der Waals surface area contributed by atoms with Gasteiger partial charge in [-0.05, 0) is 45.1 Å². The summed E-state index contributed by atoms with van der Waals surface area (Å²) in [5.74, 6) is 0.178. The Morgan fingerprint density at radius 2 is 2.00 bits per heavy atom. The van der Waals surface area contributed by atoms with Crippen LogP contribution in [0.3, 0.4) is 0 Å². The third-order valence-electron chi connectivity index (χ3n) is 3.89. The quantitative estimate of drug-likeness (QED) is 0.384. The molecule has 1 atom stereocenters. The molecule has 0 aliphatic heterocycles. The van der Waals surface area contributed by atoms with E-state index in [-0.39, 0.29) is 28.6 Å². The molecule has 0 fully saturated rings. The summed E-state index contributed by atoms with van der Waals surface area (Å²) in [4.78, 5) is 20.4. The number of methoxy groups -OCH3 is 1. The third-order valence-corrected chi connectivity index (χ3v) is 3.89. The Morgan fingerprint density at radius 3 is 2.56 bits per heavy atom. The van der Waals surface area contributed by atoms with Crippen LogP contribution in [0.1, 0.15) is 40.0 Å². The number of benzene rings is 1. The predicted octanol–water partition coefficient (Wildman–Crippen LogP) is 4.13. The van der Waals surface area contributed by atoms with E-state index in [2.05, 4.69) is 10.5 Å². The van der Waals surface area contributed by atoms with Crippen LogP contribution < -0.4 is 5.43 Å². The van der Waals surface area contributed by atoms with E-state index in [1.54, 1.807) is 13.3 Å². The summed E-state index contributed by atoms with van der Waals surface area (Å²) < 4.78 is 5.36. The molecule has 0 amide bonds. The lowest BCUT2D eigenvalue weighted by Crippen LogP contribution is -2.22. The lowest BCUT2D eigenvalue weighted by Gasteiger charge is -2.22. The minimum Gasteiger partial charge on any atom is -0.379 e. The van der Waals surface area contributed by atoms with Crippen LogP contribution in [0.25, 0.3) is 0 Å². The third kappa shape index (κ3) is 6.84. The summed E-state index contributed by atoms with van der Waals surface area (Å²) >= 11 is 0. The van der Waals surface area contributed by atoms with Crippen LogP contribution in [0, 0.1) is 26.1 Å². The van der Waals surface area contributed by atoms with Crippen molar-refractivity contribution in [3.63, 3.8) is 0 Å². The average molecular weight is 352 g/mol. The molecule has 25 heavy (non-hydrogen) atoms. The maximum atomic E-state index is 11.0. The molecule has 9 heteroatoms. The van der Waals surface area contributed by atoms with E-state index < -0.39 is 9.85 Å². The Kier molecular flexibility index (Phi) is 7.43. The Balaban J connectivity index is 2.63. The molecule has 0 aromatic heterocycles. The molecule has 1 rings (SSSR count). The van der Waals surface area contributed by atoms with Crippen molar-refractivity contribution in [1.82, 2.24) is 0 Å². The molecule has 0 spiro atoms. The highest BCUT2D eigenvalue weighted by Crippen LogP contribution is 2.28. The molecule has 1 unspecified atom stereocenters. The number of hydrogen-bond donors (Lipinski definition) is 1. The Labute approximate surface area is 146 Å². The molecule has 0 aliphatic rings. The van der Waals surface area contributed by atoms with Crippen molar-refractivity contribution in [2.75, 3.05) is 12.5 Å². The topological polar surface area (TPSA) is 120 Å². The monoisotopic (exact) mass is 352 g/mol. The van der Waals surface area contributed by atoms with Gasteiger partial charge in [-0.1, -0.05) is 6.92 Å². The Morgan fingerprint density at radius 1 is 1.32 bits per heavy atom. The number of anilines is 1. The lowest BCUT2D eigenvalue weighted by atomic mass is 9.97. The van der Waals surface area contributed by atoms with Crippen LogP contribution in [-0.2, 0) is 4.74 Å². The first-order valence-electron chi connectivity index (χ1n) is 7.93. The van der Waals surface area contributed by atoms with Gasteiger partial charge < -0.3 is 4.74 Å². The molecular weight excluding hydrogens is 328 g/mol. The molecule has 0 radical (unpaired) electrons. The van der Waals surface area contributed by atoms with Crippen molar-refractivity contribution in [1.29, 1.82) is 0 Å². The van der Waals surface area contributed by atoms with Crippen LogP contribution in [-0.4, -0.2) is 28.8 Å². The zero-order valence-corrected chi connectivity index (χ0v) is 14.9. The van der Waals surface area contributed by atoms with Crippen LogP contribution in [0.2, 0.25) is 0 Å². The fraction of sp³-hybridized carbons (Fsp3) is 0.562. The van der Waals surface area contributed by atoms with E-state index in [4.69, 9.17) is 4.74 Å². The molecule has 0 bridgehead atoms. The number of nitro groups is 2. The summed E-state index contributed by atoms with van der Waals surface area (Å²) in [5, 5.41) is 25.8. The van der Waals surface area contributed by atoms with E-state index in [0.717, 1.165) is 25.3 Å². The van der Waals surface area contributed by atoms with Gasteiger partial charge in [0.2, 0.25) is 0 Å². The van der Waals surface area contributed by atoms with Crippen molar-refractivity contribution in [2.45, 2.75) is 45.6 Å². The van der Waals surface area contributed by atoms with Crippen LogP contribution in [0.15, 0.2) is 23.3 Å². The van der Waals surface area contributed by atoms with Crippen molar-refractivity contribution >= 4 is 23.3 Å². The number of hydrazone groups is 1. The van der Waals surface area contributed by atoms with Gasteiger partial charge in [-0.15, -0.1) is 0 Å². The van der Waals surface area contributed by atoms with Gasteiger partial charge in [-0.2, -0.15) is 5.10 Å². The first kappa shape index (κ1) is 20.5. The highest BCUT2D eigenvalue weighted by Gasteiger charge is 2.19. The van der Waals surface area contributed by atoms with Gasteiger partial charge in [-0.25, -0.2) is 0 Å². The minimum atomic E-state index is -0.679. The molecule has 0 aliphatic carbocycles. The molecule has 1 aromatic carbocycles. The fourth-order valence-corrected chi connectivity index (χ4v) is 2.14. The van der Waals surface area contributed by atoms with E-state index in [9.17, 15) is 20.2 Å². The molecule has 0 heterocycles. The number of ether oxygens (including phenoxy) is 1. The number of nitrogens with one attached hydrogen (secondary N) is 1. The largest absolute Gasteiger partial charge is 0.379 e. The number of non-ortho nitro benzene ring substituents is 1. The number of rotatable bonds is 10. The molecule has 0 saturated heterocycles. The lowest BCUT2D eigenvalue weighted by molar-refractivity contribution is -0.393. The van der Waals surface area contributed by atoms with Gasteiger partial charge >= 0.3 is 5.69 Å². The number of nitro benzene ring substituents is 2. The summed E-state index contributed by atoms with van der Waals surface area (Å²) in [6, 6.07) is 3.38. The Bertz CT molecular complexity index is 645. The van der Waals surface area contributed by atoms with Crippen molar-refractivity contribution < 1.29 is 14.6 Å². The first-order valence-corrected chi connectivity index (χ1v) is 7.93. The predicted molar refractivity (Wildman–Crippen MR) is 96.0 cm³/mol. The van der Waals surface area contributed by atoms with Gasteiger partial charge in [0.05, 0.1) is 21.5 Å². The van der Waals surface area contributed by atoms with Gasteiger partial charge in [-0.3, -0.25) is 25.7 Å². The smallest absolute Gasteiger partial charge is 0.301 e. The minimum absolute atomic E-state index is 0.111. The van der Waals surface area contributed by atoms with Gasteiger partial charge in [0.15, 0.2) is 0 Å². The summed E-state index contributed by atoms with van der Waals surface area (Å²) in [5.41, 5.74) is 1.82. The summed E-state index contributed by atoms with van der Waals surface area (Å²) in [6.45, 7) is 6.05. The maximum absolute atomic E-state index is 11.0. The molecule has 1 N–H and O–H groups in total. The van der Waals surface area contributed by atoms with Crippen molar-refractivity contribution in [3.8, 4) is 0 Å². The highest BCUT2D eigenvalue weighted by atomic mass is 16.6. The number of hydrogen-bond acceptors (Lipinski definition) is 7.